The number of fused-ring (bicyclic) bond motifs is 4. The Bertz CT molecular complexity index is 1290. The van der Waals surface area contributed by atoms with Gasteiger partial charge in [-0.3, -0.25) is 0 Å². The summed E-state index contributed by atoms with van der Waals surface area (Å²) in [6.07, 6.45) is 5.90. The van der Waals surface area contributed by atoms with E-state index < -0.39 is 0 Å². The fourth-order valence-corrected chi connectivity index (χ4v) is 6.45. The van der Waals surface area contributed by atoms with Crippen LogP contribution in [0.1, 0.15) is 51.4 Å². The lowest BCUT2D eigenvalue weighted by atomic mass is 9.71. The zero-order valence-corrected chi connectivity index (χ0v) is 18.8. The Morgan fingerprint density at radius 1 is 1.13 bits per heavy atom. The fourth-order valence-electron chi connectivity index (χ4n) is 6.45. The van der Waals surface area contributed by atoms with Crippen LogP contribution < -0.4 is 5.32 Å². The first-order chi connectivity index (χ1) is 14.8. The van der Waals surface area contributed by atoms with Gasteiger partial charge in [0.15, 0.2) is 5.65 Å². The van der Waals surface area contributed by atoms with Gasteiger partial charge < -0.3 is 15.3 Å². The van der Waals surface area contributed by atoms with Gasteiger partial charge in [0.05, 0.1) is 5.52 Å². The van der Waals surface area contributed by atoms with Gasteiger partial charge in [-0.15, -0.1) is 0 Å². The fraction of sp³-hybridized carbons (Fsp3) is 0.462. The van der Waals surface area contributed by atoms with Crippen molar-refractivity contribution in [3.8, 4) is 11.3 Å². The number of rotatable bonds is 4. The highest BCUT2D eigenvalue weighted by atomic mass is 15.0. The minimum absolute atomic E-state index is 0.449. The van der Waals surface area contributed by atoms with Gasteiger partial charge in [0.2, 0.25) is 0 Å². The van der Waals surface area contributed by atoms with Crippen molar-refractivity contribution in [2.24, 2.45) is 16.7 Å². The standard InChI is InChI=1S/C26H31N5/c1-15-29-23-18(8-10-27-24(23)30-15)21-12-17-11-16(5-6-20(17)31-21)14-28-22-13-26(4)9-7-19(22)25(26,2)3/h5-6,8,10-12,19,22,28,31H,7,9,13-14H2,1-4H3,(H,27,29,30). The Kier molecular flexibility index (Phi) is 3.95. The molecule has 5 nitrogen and oxygen atoms in total. The first-order valence-electron chi connectivity index (χ1n) is 11.5. The van der Waals surface area contributed by atoms with Gasteiger partial charge in [0.25, 0.3) is 0 Å². The third kappa shape index (κ3) is 2.79. The molecule has 3 unspecified atom stereocenters. The summed E-state index contributed by atoms with van der Waals surface area (Å²) in [5, 5.41) is 5.15. The molecule has 2 aliphatic carbocycles. The third-order valence-corrected chi connectivity index (χ3v) is 8.70. The van der Waals surface area contributed by atoms with E-state index in [1.165, 1.54) is 30.2 Å². The zero-order valence-electron chi connectivity index (χ0n) is 18.8. The number of pyridine rings is 1. The number of hydrogen-bond acceptors (Lipinski definition) is 3. The molecule has 3 N–H and O–H groups in total. The van der Waals surface area contributed by atoms with Gasteiger partial charge in [-0.25, -0.2) is 9.97 Å². The van der Waals surface area contributed by atoms with Crippen LogP contribution >= 0.6 is 0 Å². The molecule has 1 aromatic carbocycles. The number of H-pyrrole nitrogens is 2. The van der Waals surface area contributed by atoms with Crippen LogP contribution in [-0.2, 0) is 6.54 Å². The highest BCUT2D eigenvalue weighted by Crippen LogP contribution is 2.65. The highest BCUT2D eigenvalue weighted by molar-refractivity contribution is 5.94. The number of aryl methyl sites for hydroxylation is 1. The highest BCUT2D eigenvalue weighted by Gasteiger charge is 2.60. The number of aromatic amines is 2. The van der Waals surface area contributed by atoms with Crippen molar-refractivity contribution in [3.63, 3.8) is 0 Å². The van der Waals surface area contributed by atoms with Crippen LogP contribution in [0.15, 0.2) is 36.5 Å². The van der Waals surface area contributed by atoms with Gasteiger partial charge in [-0.1, -0.05) is 26.8 Å². The Labute approximate surface area is 183 Å². The molecule has 0 aliphatic heterocycles. The maximum Gasteiger partial charge on any atom is 0.178 e. The van der Waals surface area contributed by atoms with Crippen LogP contribution in [-0.4, -0.2) is 26.0 Å². The van der Waals surface area contributed by atoms with Crippen molar-refractivity contribution in [2.45, 2.75) is 59.5 Å². The molecule has 31 heavy (non-hydrogen) atoms. The van der Waals surface area contributed by atoms with Crippen molar-refractivity contribution in [2.75, 3.05) is 0 Å². The topological polar surface area (TPSA) is 69.4 Å². The molecule has 2 bridgehead atoms. The number of nitrogens with one attached hydrogen (secondary N) is 3. The minimum Gasteiger partial charge on any atom is -0.354 e. The lowest BCUT2D eigenvalue weighted by Crippen LogP contribution is -2.35. The quantitative estimate of drug-likeness (QED) is 0.401. The van der Waals surface area contributed by atoms with Crippen LogP contribution in [0.3, 0.4) is 0 Å². The number of aromatic nitrogens is 4. The number of imidazole rings is 1. The lowest BCUT2D eigenvalue weighted by molar-refractivity contribution is 0.152. The maximum atomic E-state index is 4.47. The molecule has 3 atom stereocenters. The van der Waals surface area contributed by atoms with E-state index in [-0.39, 0.29) is 0 Å². The molecule has 0 spiro atoms. The smallest absolute Gasteiger partial charge is 0.178 e. The maximum absolute atomic E-state index is 4.47. The van der Waals surface area contributed by atoms with E-state index in [0.29, 0.717) is 16.9 Å². The normalized spacial score (nSPS) is 27.0. The molecule has 2 fully saturated rings. The molecular formula is C26H31N5. The van der Waals surface area contributed by atoms with Crippen LogP contribution in [0.2, 0.25) is 0 Å². The molecule has 4 aromatic rings. The van der Waals surface area contributed by atoms with Crippen molar-refractivity contribution < 1.29 is 0 Å². The molecule has 0 radical (unpaired) electrons. The van der Waals surface area contributed by atoms with E-state index in [0.717, 1.165) is 46.2 Å². The lowest BCUT2D eigenvalue weighted by Gasteiger charge is -2.33. The molecular weight excluding hydrogens is 382 g/mol. The van der Waals surface area contributed by atoms with Gasteiger partial charge >= 0.3 is 0 Å². The Morgan fingerprint density at radius 2 is 2.00 bits per heavy atom. The van der Waals surface area contributed by atoms with Gasteiger partial charge in [-0.05, 0) is 72.8 Å². The van der Waals surface area contributed by atoms with Crippen LogP contribution in [0, 0.1) is 23.7 Å². The van der Waals surface area contributed by atoms with Crippen molar-refractivity contribution >= 4 is 22.1 Å². The predicted octanol–water partition coefficient (Wildman–Crippen LogP) is 5.72. The van der Waals surface area contributed by atoms with Crippen molar-refractivity contribution in [3.05, 3.63) is 47.9 Å². The van der Waals surface area contributed by atoms with Crippen molar-refractivity contribution in [1.82, 2.24) is 25.3 Å². The molecule has 2 saturated carbocycles. The second-order valence-corrected chi connectivity index (χ2v) is 10.6. The first kappa shape index (κ1) is 19.1. The monoisotopic (exact) mass is 413 g/mol. The Morgan fingerprint density at radius 3 is 2.77 bits per heavy atom. The molecule has 0 saturated heterocycles. The number of benzene rings is 1. The zero-order chi connectivity index (χ0) is 21.4. The summed E-state index contributed by atoms with van der Waals surface area (Å²) in [5.41, 5.74) is 7.41. The SMILES string of the molecule is Cc1nc2nccc(-c3cc4cc(CNC5CC6(C)CCC5C6(C)C)ccc4[nH]3)c2[nH]1. The molecule has 5 heteroatoms. The number of nitrogens with zero attached hydrogens (tertiary/aromatic N) is 2. The van der Waals surface area contributed by atoms with E-state index >= 15 is 0 Å². The largest absolute Gasteiger partial charge is 0.354 e. The minimum atomic E-state index is 0.449. The average Bonchev–Trinajstić information content (AvgIpc) is 3.42. The third-order valence-electron chi connectivity index (χ3n) is 8.70. The molecule has 3 heterocycles. The second-order valence-electron chi connectivity index (χ2n) is 10.6. The summed E-state index contributed by atoms with van der Waals surface area (Å²) in [6.45, 7) is 10.4. The Balaban J connectivity index is 1.25. The summed E-state index contributed by atoms with van der Waals surface area (Å²) in [7, 11) is 0. The predicted molar refractivity (Wildman–Crippen MR) is 126 cm³/mol. The van der Waals surface area contributed by atoms with Gasteiger partial charge in [0, 0.05) is 40.9 Å². The molecule has 0 amide bonds. The van der Waals surface area contributed by atoms with E-state index in [1.54, 1.807) is 0 Å². The van der Waals surface area contributed by atoms with E-state index in [4.69, 9.17) is 0 Å². The van der Waals surface area contributed by atoms with E-state index in [9.17, 15) is 0 Å². The molecule has 160 valence electrons. The van der Waals surface area contributed by atoms with Crippen LogP contribution in [0.5, 0.6) is 0 Å². The summed E-state index contributed by atoms with van der Waals surface area (Å²) in [5.74, 6) is 1.68. The van der Waals surface area contributed by atoms with E-state index in [2.05, 4.69) is 70.3 Å². The van der Waals surface area contributed by atoms with Gasteiger partial charge in [0.1, 0.15) is 5.82 Å². The molecule has 2 aliphatic rings. The van der Waals surface area contributed by atoms with Crippen molar-refractivity contribution in [1.29, 1.82) is 0 Å². The Hall–Kier alpha value is -2.66. The summed E-state index contributed by atoms with van der Waals surface area (Å²) in [4.78, 5) is 15.8. The molecule has 6 rings (SSSR count). The summed E-state index contributed by atoms with van der Waals surface area (Å²) in [6, 6.07) is 11.7. The van der Waals surface area contributed by atoms with Crippen LogP contribution in [0.25, 0.3) is 33.3 Å². The summed E-state index contributed by atoms with van der Waals surface area (Å²) < 4.78 is 0. The first-order valence-corrected chi connectivity index (χ1v) is 11.5. The van der Waals surface area contributed by atoms with Crippen LogP contribution in [0.4, 0.5) is 0 Å². The second kappa shape index (κ2) is 6.42. The van der Waals surface area contributed by atoms with E-state index in [1.807, 2.05) is 19.2 Å². The van der Waals surface area contributed by atoms with Gasteiger partial charge in [-0.2, -0.15) is 0 Å². The summed E-state index contributed by atoms with van der Waals surface area (Å²) >= 11 is 0. The average molecular weight is 414 g/mol. The number of hydrogen-bond donors (Lipinski definition) is 3. The molecule has 3 aromatic heterocycles.